The normalized spacial score (nSPS) is 12.6. The van der Waals surface area contributed by atoms with Crippen LogP contribution in [0.5, 0.6) is 0 Å². The van der Waals surface area contributed by atoms with E-state index >= 15 is 0 Å². The molecule has 2 rings (SSSR count). The van der Waals surface area contributed by atoms with Gasteiger partial charge in [-0.3, -0.25) is 0 Å². The second-order valence-corrected chi connectivity index (χ2v) is 4.24. The molecule has 0 radical (unpaired) electrons. The summed E-state index contributed by atoms with van der Waals surface area (Å²) in [6.07, 6.45) is 1.84. The lowest BCUT2D eigenvalue weighted by Crippen LogP contribution is -2.00. The third-order valence-electron chi connectivity index (χ3n) is 2.83. The maximum Gasteiger partial charge on any atom is 0.111 e. The van der Waals surface area contributed by atoms with Crippen molar-refractivity contribution in [1.29, 1.82) is 0 Å². The van der Waals surface area contributed by atoms with Gasteiger partial charge in [0, 0.05) is 0 Å². The lowest BCUT2D eigenvalue weighted by Gasteiger charge is -2.03. The monoisotopic (exact) mass is 247 g/mol. The molecular weight excluding hydrogens is 230 g/mol. The van der Waals surface area contributed by atoms with Crippen molar-refractivity contribution >= 4 is 0 Å². The van der Waals surface area contributed by atoms with Gasteiger partial charge in [0.1, 0.15) is 5.69 Å². The smallest absolute Gasteiger partial charge is 0.111 e. The van der Waals surface area contributed by atoms with Crippen molar-refractivity contribution in [2.24, 2.45) is 0 Å². The lowest BCUT2D eigenvalue weighted by atomic mass is 10.1. The van der Waals surface area contributed by atoms with Gasteiger partial charge in [-0.25, -0.2) is 4.68 Å². The van der Waals surface area contributed by atoms with E-state index in [-0.39, 0.29) is 6.61 Å². The summed E-state index contributed by atoms with van der Waals surface area (Å²) in [6, 6.07) is 7.66. The zero-order valence-corrected chi connectivity index (χ0v) is 10.3. The Kier molecular flexibility index (Phi) is 4.07. The molecule has 0 bridgehead atoms. The number of aliphatic hydroxyl groups is 2. The summed E-state index contributed by atoms with van der Waals surface area (Å²) in [5.41, 5.74) is 2.57. The minimum Gasteiger partial charge on any atom is -0.392 e. The highest BCUT2D eigenvalue weighted by molar-refractivity contribution is 5.22. The molecule has 0 saturated carbocycles. The maximum absolute atomic E-state index is 9.63. The van der Waals surface area contributed by atoms with Crippen molar-refractivity contribution in [3.05, 3.63) is 47.3 Å². The van der Waals surface area contributed by atoms with Crippen LogP contribution >= 0.6 is 0 Å². The fourth-order valence-electron chi connectivity index (χ4n) is 1.69. The fraction of sp³-hybridized carbons (Fsp3) is 0.385. The number of hydrogen-bond donors (Lipinski definition) is 2. The van der Waals surface area contributed by atoms with Gasteiger partial charge in [-0.2, -0.15) is 0 Å². The van der Waals surface area contributed by atoms with E-state index in [4.69, 9.17) is 5.11 Å². The third kappa shape index (κ3) is 2.94. The molecule has 1 aromatic heterocycles. The molecule has 0 spiro atoms. The summed E-state index contributed by atoms with van der Waals surface area (Å²) >= 11 is 0. The lowest BCUT2D eigenvalue weighted by molar-refractivity contribution is 0.168. The highest BCUT2D eigenvalue weighted by atomic mass is 16.3. The topological polar surface area (TPSA) is 71.2 Å². The molecule has 0 aliphatic rings. The van der Waals surface area contributed by atoms with E-state index in [1.54, 1.807) is 10.9 Å². The quantitative estimate of drug-likeness (QED) is 0.834. The molecule has 5 heteroatoms. The molecule has 1 aromatic carbocycles. The Bertz CT molecular complexity index is 493. The first-order valence-electron chi connectivity index (χ1n) is 5.99. The Morgan fingerprint density at radius 1 is 1.22 bits per heavy atom. The maximum atomic E-state index is 9.63. The average Bonchev–Trinajstić information content (AvgIpc) is 2.87. The van der Waals surface area contributed by atoms with E-state index in [1.807, 2.05) is 31.2 Å². The van der Waals surface area contributed by atoms with Crippen LogP contribution in [0.4, 0.5) is 0 Å². The van der Waals surface area contributed by atoms with Crippen LogP contribution in [0.2, 0.25) is 0 Å². The molecule has 1 atom stereocenters. The standard InChI is InChI=1S/C13H17N3O2/c1-2-13(18)12-8-16(15-14-12)7-10-3-5-11(9-17)6-4-10/h3-6,8,13,17-18H,2,7,9H2,1H3. The molecule has 0 saturated heterocycles. The number of aliphatic hydroxyl groups excluding tert-OH is 2. The molecule has 0 fully saturated rings. The summed E-state index contributed by atoms with van der Waals surface area (Å²) in [4.78, 5) is 0. The van der Waals surface area contributed by atoms with E-state index in [0.717, 1.165) is 11.1 Å². The first-order chi connectivity index (χ1) is 8.72. The summed E-state index contributed by atoms with van der Waals surface area (Å²) < 4.78 is 1.70. The highest BCUT2D eigenvalue weighted by Gasteiger charge is 2.09. The van der Waals surface area contributed by atoms with Gasteiger partial charge in [0.25, 0.3) is 0 Å². The van der Waals surface area contributed by atoms with Gasteiger partial charge in [-0.15, -0.1) is 5.10 Å². The minimum atomic E-state index is -0.546. The largest absolute Gasteiger partial charge is 0.392 e. The van der Waals surface area contributed by atoms with Crippen molar-refractivity contribution in [1.82, 2.24) is 15.0 Å². The number of nitrogens with zero attached hydrogens (tertiary/aromatic N) is 3. The van der Waals surface area contributed by atoms with E-state index in [2.05, 4.69) is 10.3 Å². The van der Waals surface area contributed by atoms with Crippen molar-refractivity contribution in [2.45, 2.75) is 32.6 Å². The van der Waals surface area contributed by atoms with Gasteiger partial charge in [-0.1, -0.05) is 36.4 Å². The minimum absolute atomic E-state index is 0.0520. The summed E-state index contributed by atoms with van der Waals surface area (Å²) in [5.74, 6) is 0. The highest BCUT2D eigenvalue weighted by Crippen LogP contribution is 2.13. The van der Waals surface area contributed by atoms with Crippen LogP contribution in [-0.2, 0) is 13.2 Å². The Balaban J connectivity index is 2.06. The van der Waals surface area contributed by atoms with Crippen molar-refractivity contribution in [3.8, 4) is 0 Å². The zero-order valence-electron chi connectivity index (χ0n) is 10.3. The van der Waals surface area contributed by atoms with Gasteiger partial charge in [-0.05, 0) is 17.5 Å². The third-order valence-corrected chi connectivity index (χ3v) is 2.83. The predicted molar refractivity (Wildman–Crippen MR) is 66.7 cm³/mol. The van der Waals surface area contributed by atoms with Gasteiger partial charge < -0.3 is 10.2 Å². The Morgan fingerprint density at radius 2 is 1.89 bits per heavy atom. The molecular formula is C13H17N3O2. The van der Waals surface area contributed by atoms with Crippen LogP contribution < -0.4 is 0 Å². The summed E-state index contributed by atoms with van der Waals surface area (Å²) in [7, 11) is 0. The summed E-state index contributed by atoms with van der Waals surface area (Å²) in [5, 5.41) is 26.5. The molecule has 1 unspecified atom stereocenters. The molecule has 0 amide bonds. The molecule has 2 N–H and O–H groups in total. The first-order valence-corrected chi connectivity index (χ1v) is 5.99. The number of hydrogen-bond acceptors (Lipinski definition) is 4. The van der Waals surface area contributed by atoms with Crippen LogP contribution in [0.3, 0.4) is 0 Å². The Morgan fingerprint density at radius 3 is 2.50 bits per heavy atom. The second-order valence-electron chi connectivity index (χ2n) is 4.24. The predicted octanol–water partition coefficient (Wildman–Crippen LogP) is 1.26. The van der Waals surface area contributed by atoms with Gasteiger partial charge in [0.15, 0.2) is 0 Å². The molecule has 0 aliphatic carbocycles. The molecule has 5 nitrogen and oxygen atoms in total. The van der Waals surface area contributed by atoms with Crippen molar-refractivity contribution < 1.29 is 10.2 Å². The number of benzene rings is 1. The molecule has 18 heavy (non-hydrogen) atoms. The first kappa shape index (κ1) is 12.7. The van der Waals surface area contributed by atoms with E-state index in [1.165, 1.54) is 0 Å². The van der Waals surface area contributed by atoms with E-state index in [9.17, 15) is 5.11 Å². The summed E-state index contributed by atoms with van der Waals surface area (Å²) in [6.45, 7) is 2.56. The number of aromatic nitrogens is 3. The van der Waals surface area contributed by atoms with Crippen molar-refractivity contribution in [2.75, 3.05) is 0 Å². The SMILES string of the molecule is CCC(O)c1cn(Cc2ccc(CO)cc2)nn1. The Labute approximate surface area is 106 Å². The van der Waals surface area contributed by atoms with Crippen LogP contribution in [0.1, 0.15) is 36.3 Å². The van der Waals surface area contributed by atoms with Gasteiger partial charge in [0.05, 0.1) is 25.5 Å². The van der Waals surface area contributed by atoms with Crippen LogP contribution in [0, 0.1) is 0 Å². The van der Waals surface area contributed by atoms with Gasteiger partial charge >= 0.3 is 0 Å². The number of rotatable bonds is 5. The average molecular weight is 247 g/mol. The van der Waals surface area contributed by atoms with Crippen LogP contribution in [0.15, 0.2) is 30.5 Å². The molecule has 0 aliphatic heterocycles. The van der Waals surface area contributed by atoms with Crippen molar-refractivity contribution in [3.63, 3.8) is 0 Å². The van der Waals surface area contributed by atoms with E-state index < -0.39 is 6.10 Å². The zero-order chi connectivity index (χ0) is 13.0. The van der Waals surface area contributed by atoms with Crippen LogP contribution in [0.25, 0.3) is 0 Å². The molecule has 1 heterocycles. The fourth-order valence-corrected chi connectivity index (χ4v) is 1.69. The van der Waals surface area contributed by atoms with E-state index in [0.29, 0.717) is 18.7 Å². The van der Waals surface area contributed by atoms with Crippen LogP contribution in [-0.4, -0.2) is 25.2 Å². The Hall–Kier alpha value is -1.72. The molecule has 96 valence electrons. The molecule has 2 aromatic rings. The second kappa shape index (κ2) is 5.75. The van der Waals surface area contributed by atoms with Gasteiger partial charge in [0.2, 0.25) is 0 Å².